The van der Waals surface area contributed by atoms with Crippen molar-refractivity contribution < 1.29 is 9.53 Å². The van der Waals surface area contributed by atoms with E-state index in [0.29, 0.717) is 5.56 Å². The zero-order valence-corrected chi connectivity index (χ0v) is 18.5. The Morgan fingerprint density at radius 3 is 2.48 bits per heavy atom. The average Bonchev–Trinajstić information content (AvgIpc) is 2.97. The number of fused-ring (bicyclic) bond motifs is 1. The number of hydrogen-bond acceptors (Lipinski definition) is 3. The highest BCUT2D eigenvalue weighted by atomic mass is 79.9. The number of anilines is 1. The van der Waals surface area contributed by atoms with Crippen LogP contribution >= 0.6 is 15.9 Å². The predicted molar refractivity (Wildman–Crippen MR) is 121 cm³/mol. The van der Waals surface area contributed by atoms with Crippen LogP contribution in [0.4, 0.5) is 5.69 Å². The van der Waals surface area contributed by atoms with E-state index in [0.717, 1.165) is 48.4 Å². The van der Waals surface area contributed by atoms with Gasteiger partial charge in [-0.1, -0.05) is 28.8 Å². The second kappa shape index (κ2) is 9.77. The summed E-state index contributed by atoms with van der Waals surface area (Å²) in [5.41, 5.74) is 2.95. The molecule has 0 unspecified atom stereocenters. The normalized spacial score (nSPS) is 17.1. The predicted octanol–water partition coefficient (Wildman–Crippen LogP) is 5.30. The van der Waals surface area contributed by atoms with Crippen molar-refractivity contribution in [3.05, 3.63) is 58.1 Å². The van der Waals surface area contributed by atoms with Crippen LogP contribution in [0.5, 0.6) is 5.75 Å². The number of nitrogens with zero attached hydrogens (tertiary/aromatic N) is 2. The van der Waals surface area contributed by atoms with Crippen molar-refractivity contribution in [2.24, 2.45) is 0 Å². The lowest BCUT2D eigenvalue weighted by molar-refractivity contribution is 0.0989. The minimum absolute atomic E-state index is 0.0544. The van der Waals surface area contributed by atoms with Crippen LogP contribution in [0, 0.1) is 0 Å². The van der Waals surface area contributed by atoms with E-state index in [1.165, 1.54) is 44.3 Å². The Bertz CT molecular complexity index is 829. The number of halogens is 1. The van der Waals surface area contributed by atoms with Gasteiger partial charge in [0.05, 0.1) is 6.61 Å². The Balaban J connectivity index is 1.27. The second-order valence-corrected chi connectivity index (χ2v) is 8.88. The number of ether oxygens (including phenoxy) is 1. The molecule has 0 aromatic heterocycles. The van der Waals surface area contributed by atoms with E-state index in [-0.39, 0.29) is 5.91 Å². The Labute approximate surface area is 182 Å². The van der Waals surface area contributed by atoms with Gasteiger partial charge < -0.3 is 14.5 Å². The maximum absolute atomic E-state index is 12.9. The third-order valence-electron chi connectivity index (χ3n) is 5.87. The molecular formula is C24H29BrN2O2. The topological polar surface area (TPSA) is 32.8 Å². The molecule has 0 atom stereocenters. The summed E-state index contributed by atoms with van der Waals surface area (Å²) in [7, 11) is 0. The number of amides is 1. The van der Waals surface area contributed by atoms with Crippen LogP contribution in [0.1, 0.15) is 48.0 Å². The largest absolute Gasteiger partial charge is 0.494 e. The van der Waals surface area contributed by atoms with E-state index >= 15 is 0 Å². The van der Waals surface area contributed by atoms with Gasteiger partial charge in [-0.05, 0) is 86.8 Å². The first-order valence-electron chi connectivity index (χ1n) is 10.8. The van der Waals surface area contributed by atoms with Gasteiger partial charge in [-0.15, -0.1) is 0 Å². The first-order chi connectivity index (χ1) is 14.2. The fraction of sp³-hybridized carbons (Fsp3) is 0.458. The van der Waals surface area contributed by atoms with E-state index in [4.69, 9.17) is 4.74 Å². The van der Waals surface area contributed by atoms with Gasteiger partial charge in [0.25, 0.3) is 5.91 Å². The molecule has 2 aliphatic heterocycles. The number of benzene rings is 2. The Morgan fingerprint density at radius 2 is 1.72 bits per heavy atom. The summed E-state index contributed by atoms with van der Waals surface area (Å²) in [5.74, 6) is 0.891. The number of likely N-dealkylation sites (tertiary alicyclic amines) is 1. The third kappa shape index (κ3) is 5.20. The number of carbonyl (C=O) groups is 1. The molecule has 2 heterocycles. The highest BCUT2D eigenvalue weighted by Crippen LogP contribution is 2.31. The van der Waals surface area contributed by atoms with E-state index in [1.54, 1.807) is 0 Å². The first-order valence-corrected chi connectivity index (χ1v) is 11.6. The van der Waals surface area contributed by atoms with Crippen LogP contribution in [-0.2, 0) is 6.42 Å². The SMILES string of the molecule is O=C(c1ccc(OCCCN2CCCCCC2)cc1)N1CCc2cc(Br)ccc21. The van der Waals surface area contributed by atoms with Crippen LogP contribution in [0.15, 0.2) is 46.9 Å². The summed E-state index contributed by atoms with van der Waals surface area (Å²) < 4.78 is 6.96. The highest BCUT2D eigenvalue weighted by Gasteiger charge is 2.25. The fourth-order valence-electron chi connectivity index (χ4n) is 4.27. The molecule has 0 radical (unpaired) electrons. The van der Waals surface area contributed by atoms with Crippen molar-refractivity contribution in [2.45, 2.75) is 38.5 Å². The van der Waals surface area contributed by atoms with Crippen LogP contribution in [0.25, 0.3) is 0 Å². The molecule has 0 N–H and O–H groups in total. The monoisotopic (exact) mass is 456 g/mol. The highest BCUT2D eigenvalue weighted by molar-refractivity contribution is 9.10. The summed E-state index contributed by atoms with van der Waals surface area (Å²) in [4.78, 5) is 17.4. The Morgan fingerprint density at radius 1 is 0.966 bits per heavy atom. The van der Waals surface area contributed by atoms with Crippen molar-refractivity contribution in [1.82, 2.24) is 4.90 Å². The molecule has 154 valence electrons. The third-order valence-corrected chi connectivity index (χ3v) is 6.36. The maximum Gasteiger partial charge on any atom is 0.258 e. The average molecular weight is 457 g/mol. The molecule has 0 aliphatic carbocycles. The van der Waals surface area contributed by atoms with Crippen LogP contribution in [-0.4, -0.2) is 43.6 Å². The lowest BCUT2D eigenvalue weighted by Gasteiger charge is -2.19. The van der Waals surface area contributed by atoms with Crippen molar-refractivity contribution in [2.75, 3.05) is 37.7 Å². The molecule has 0 bridgehead atoms. The van der Waals surface area contributed by atoms with E-state index in [2.05, 4.69) is 26.9 Å². The molecule has 0 saturated carbocycles. The van der Waals surface area contributed by atoms with Gasteiger partial charge in [-0.2, -0.15) is 0 Å². The molecule has 2 aromatic rings. The molecule has 1 saturated heterocycles. The smallest absolute Gasteiger partial charge is 0.258 e. The molecule has 5 heteroatoms. The van der Waals surface area contributed by atoms with Gasteiger partial charge in [0.2, 0.25) is 0 Å². The lowest BCUT2D eigenvalue weighted by Crippen LogP contribution is -2.28. The van der Waals surface area contributed by atoms with Crippen molar-refractivity contribution in [1.29, 1.82) is 0 Å². The molecule has 0 spiro atoms. The van der Waals surface area contributed by atoms with Crippen LogP contribution in [0.3, 0.4) is 0 Å². The maximum atomic E-state index is 12.9. The summed E-state index contributed by atoms with van der Waals surface area (Å²) in [6.07, 6.45) is 7.35. The van der Waals surface area contributed by atoms with Crippen LogP contribution < -0.4 is 9.64 Å². The van der Waals surface area contributed by atoms with Crippen molar-refractivity contribution in [3.8, 4) is 5.75 Å². The minimum atomic E-state index is 0.0544. The molecule has 1 fully saturated rings. The molecule has 1 amide bonds. The van der Waals surface area contributed by atoms with Crippen molar-refractivity contribution >= 4 is 27.5 Å². The van der Waals surface area contributed by atoms with Gasteiger partial charge in [0, 0.05) is 28.8 Å². The van der Waals surface area contributed by atoms with Gasteiger partial charge in [0.1, 0.15) is 5.75 Å². The van der Waals surface area contributed by atoms with Gasteiger partial charge in [0.15, 0.2) is 0 Å². The van der Waals surface area contributed by atoms with E-state index in [9.17, 15) is 4.79 Å². The standard InChI is InChI=1S/C24H29BrN2O2/c25-21-8-11-23-20(18-21)12-16-27(23)24(28)19-6-9-22(10-7-19)29-17-5-15-26-13-3-1-2-4-14-26/h6-11,18H,1-5,12-17H2. The molecule has 2 aliphatic rings. The van der Waals surface area contributed by atoms with E-state index in [1.807, 2.05) is 41.3 Å². The second-order valence-electron chi connectivity index (χ2n) is 7.96. The Hall–Kier alpha value is -1.85. The molecule has 4 nitrogen and oxygen atoms in total. The van der Waals surface area contributed by atoms with Gasteiger partial charge in [-0.3, -0.25) is 4.79 Å². The van der Waals surface area contributed by atoms with Gasteiger partial charge in [-0.25, -0.2) is 0 Å². The first kappa shape index (κ1) is 20.4. The van der Waals surface area contributed by atoms with Crippen molar-refractivity contribution in [3.63, 3.8) is 0 Å². The van der Waals surface area contributed by atoms with Crippen LogP contribution in [0.2, 0.25) is 0 Å². The lowest BCUT2D eigenvalue weighted by atomic mass is 10.1. The summed E-state index contributed by atoms with van der Waals surface area (Å²) in [6, 6.07) is 13.7. The molecular weight excluding hydrogens is 428 g/mol. The zero-order valence-electron chi connectivity index (χ0n) is 16.9. The fourth-order valence-corrected chi connectivity index (χ4v) is 4.68. The number of hydrogen-bond donors (Lipinski definition) is 0. The quantitative estimate of drug-likeness (QED) is 0.553. The zero-order chi connectivity index (χ0) is 20.1. The molecule has 2 aromatic carbocycles. The summed E-state index contributed by atoms with van der Waals surface area (Å²) in [5, 5.41) is 0. The van der Waals surface area contributed by atoms with Gasteiger partial charge >= 0.3 is 0 Å². The minimum Gasteiger partial charge on any atom is -0.494 e. The summed E-state index contributed by atoms with van der Waals surface area (Å²) >= 11 is 3.51. The number of carbonyl (C=O) groups excluding carboxylic acids is 1. The molecule has 29 heavy (non-hydrogen) atoms. The molecule has 4 rings (SSSR count). The van der Waals surface area contributed by atoms with E-state index < -0.39 is 0 Å². The summed E-state index contributed by atoms with van der Waals surface area (Å²) in [6.45, 7) is 5.03. The Kier molecular flexibility index (Phi) is 6.88. The number of rotatable bonds is 6.